The van der Waals surface area contributed by atoms with Gasteiger partial charge in [-0.2, -0.15) is 0 Å². The van der Waals surface area contributed by atoms with E-state index in [1.165, 1.54) is 31.1 Å². The molecule has 0 aliphatic rings. The van der Waals surface area contributed by atoms with Gasteiger partial charge >= 0.3 is 0 Å². The number of nitrogens with zero attached hydrogens (tertiary/aromatic N) is 4. The molecule has 2 rings (SSSR count). The third-order valence-electron chi connectivity index (χ3n) is 1.68. The highest BCUT2D eigenvalue weighted by Gasteiger charge is 2.15. The first-order valence-electron chi connectivity index (χ1n) is 4.05. The fourth-order valence-electron chi connectivity index (χ4n) is 1.02. The van der Waals surface area contributed by atoms with E-state index in [9.17, 15) is 4.79 Å². The van der Waals surface area contributed by atoms with Crippen molar-refractivity contribution in [2.75, 3.05) is 0 Å². The molecule has 0 amide bonds. The molecule has 6 heteroatoms. The Labute approximate surface area is 93.8 Å². The Morgan fingerprint density at radius 1 is 1.13 bits per heavy atom. The van der Waals surface area contributed by atoms with Crippen LogP contribution in [-0.4, -0.2) is 25.7 Å². The van der Waals surface area contributed by atoms with Crippen LogP contribution in [0.3, 0.4) is 0 Å². The molecular weight excluding hydrogens is 260 g/mol. The molecule has 0 aromatic carbocycles. The van der Waals surface area contributed by atoms with Crippen molar-refractivity contribution >= 4 is 21.7 Å². The van der Waals surface area contributed by atoms with Crippen LogP contribution in [-0.2, 0) is 0 Å². The van der Waals surface area contributed by atoms with E-state index in [0.29, 0.717) is 4.47 Å². The van der Waals surface area contributed by atoms with Gasteiger partial charge in [-0.1, -0.05) is 0 Å². The van der Waals surface area contributed by atoms with Crippen molar-refractivity contribution in [1.82, 2.24) is 19.9 Å². The van der Waals surface area contributed by atoms with Crippen LogP contribution in [0.1, 0.15) is 16.2 Å². The standard InChI is InChI=1S/C9H5BrN4O/c10-6-3-12-5-14-8(6)9(15)7-4-11-1-2-13-7/h1-5H. The molecule has 0 radical (unpaired) electrons. The first kappa shape index (κ1) is 9.85. The number of rotatable bonds is 2. The molecule has 0 unspecified atom stereocenters. The number of hydrogen-bond donors (Lipinski definition) is 0. The Hall–Kier alpha value is -1.69. The van der Waals surface area contributed by atoms with E-state index < -0.39 is 0 Å². The van der Waals surface area contributed by atoms with E-state index in [4.69, 9.17) is 0 Å². The maximum absolute atomic E-state index is 11.8. The summed E-state index contributed by atoms with van der Waals surface area (Å²) in [6.07, 6.45) is 7.19. The van der Waals surface area contributed by atoms with Gasteiger partial charge in [-0.3, -0.25) is 9.78 Å². The van der Waals surface area contributed by atoms with E-state index >= 15 is 0 Å². The topological polar surface area (TPSA) is 68.6 Å². The van der Waals surface area contributed by atoms with Crippen LogP contribution in [0.2, 0.25) is 0 Å². The second kappa shape index (κ2) is 4.22. The third-order valence-corrected chi connectivity index (χ3v) is 2.26. The van der Waals surface area contributed by atoms with Crippen molar-refractivity contribution in [3.05, 3.63) is 47.0 Å². The summed E-state index contributed by atoms with van der Waals surface area (Å²) in [5, 5.41) is 0. The first-order valence-corrected chi connectivity index (χ1v) is 4.84. The predicted molar refractivity (Wildman–Crippen MR) is 55.2 cm³/mol. The molecule has 5 nitrogen and oxygen atoms in total. The lowest BCUT2D eigenvalue weighted by Crippen LogP contribution is -2.07. The zero-order valence-electron chi connectivity index (χ0n) is 7.46. The number of hydrogen-bond acceptors (Lipinski definition) is 5. The zero-order valence-corrected chi connectivity index (χ0v) is 9.05. The monoisotopic (exact) mass is 264 g/mol. The van der Waals surface area contributed by atoms with E-state index in [2.05, 4.69) is 35.9 Å². The molecule has 0 bridgehead atoms. The summed E-state index contributed by atoms with van der Waals surface area (Å²) in [4.78, 5) is 27.2. The van der Waals surface area contributed by atoms with E-state index in [0.717, 1.165) is 0 Å². The quantitative estimate of drug-likeness (QED) is 0.764. The van der Waals surface area contributed by atoms with Crippen molar-refractivity contribution in [2.24, 2.45) is 0 Å². The molecule has 2 heterocycles. The number of carbonyl (C=O) groups is 1. The Morgan fingerprint density at radius 2 is 2.00 bits per heavy atom. The fraction of sp³-hybridized carbons (Fsp3) is 0. The second-order valence-electron chi connectivity index (χ2n) is 2.64. The lowest BCUT2D eigenvalue weighted by atomic mass is 10.2. The van der Waals surface area contributed by atoms with Crippen LogP contribution < -0.4 is 0 Å². The number of halogens is 1. The minimum Gasteiger partial charge on any atom is -0.285 e. The molecule has 2 aromatic heterocycles. The van der Waals surface area contributed by atoms with Gasteiger partial charge in [-0.05, 0) is 15.9 Å². The molecule has 0 atom stereocenters. The Bertz CT molecular complexity index is 488. The van der Waals surface area contributed by atoms with Crippen LogP contribution >= 0.6 is 15.9 Å². The second-order valence-corrected chi connectivity index (χ2v) is 3.49. The third kappa shape index (κ3) is 2.04. The zero-order chi connectivity index (χ0) is 10.7. The summed E-state index contributed by atoms with van der Waals surface area (Å²) in [6, 6.07) is 0. The molecule has 0 N–H and O–H groups in total. The van der Waals surface area contributed by atoms with E-state index in [1.807, 2.05) is 0 Å². The minimum absolute atomic E-state index is 0.261. The van der Waals surface area contributed by atoms with Gasteiger partial charge in [-0.25, -0.2) is 15.0 Å². The lowest BCUT2D eigenvalue weighted by Gasteiger charge is -1.99. The van der Waals surface area contributed by atoms with Crippen LogP contribution in [0.5, 0.6) is 0 Å². The molecule has 2 aromatic rings. The van der Waals surface area contributed by atoms with Crippen molar-refractivity contribution in [1.29, 1.82) is 0 Å². The average molecular weight is 265 g/mol. The fourth-order valence-corrected chi connectivity index (χ4v) is 1.42. The summed E-state index contributed by atoms with van der Waals surface area (Å²) < 4.78 is 0.542. The Balaban J connectivity index is 2.42. The van der Waals surface area contributed by atoms with Gasteiger partial charge in [0.2, 0.25) is 5.78 Å². The molecule has 15 heavy (non-hydrogen) atoms. The normalized spacial score (nSPS) is 9.93. The SMILES string of the molecule is O=C(c1cnccn1)c1ncncc1Br. The highest BCUT2D eigenvalue weighted by Crippen LogP contribution is 2.14. The molecule has 0 aliphatic heterocycles. The summed E-state index contributed by atoms with van der Waals surface area (Å²) >= 11 is 3.20. The lowest BCUT2D eigenvalue weighted by molar-refractivity contribution is 0.102. The molecule has 0 spiro atoms. The molecule has 0 fully saturated rings. The van der Waals surface area contributed by atoms with Gasteiger partial charge in [0, 0.05) is 18.6 Å². The molecular formula is C9H5BrN4O. The highest BCUT2D eigenvalue weighted by atomic mass is 79.9. The molecule has 74 valence electrons. The van der Waals surface area contributed by atoms with Crippen molar-refractivity contribution in [2.45, 2.75) is 0 Å². The van der Waals surface area contributed by atoms with Crippen molar-refractivity contribution in [3.63, 3.8) is 0 Å². The van der Waals surface area contributed by atoms with Gasteiger partial charge in [0.05, 0.1) is 10.7 Å². The average Bonchev–Trinajstić information content (AvgIpc) is 2.30. The Kier molecular flexibility index (Phi) is 2.77. The highest BCUT2D eigenvalue weighted by molar-refractivity contribution is 9.10. The van der Waals surface area contributed by atoms with Crippen LogP contribution in [0, 0.1) is 0 Å². The number of aromatic nitrogens is 4. The summed E-state index contributed by atoms with van der Waals surface area (Å²) in [6.45, 7) is 0. The number of ketones is 1. The van der Waals surface area contributed by atoms with Gasteiger partial charge in [0.15, 0.2) is 0 Å². The molecule has 0 aliphatic carbocycles. The number of carbonyl (C=O) groups excluding carboxylic acids is 1. The van der Waals surface area contributed by atoms with Crippen LogP contribution in [0.4, 0.5) is 0 Å². The van der Waals surface area contributed by atoms with Crippen molar-refractivity contribution in [3.8, 4) is 0 Å². The maximum atomic E-state index is 11.8. The van der Waals surface area contributed by atoms with Gasteiger partial charge in [0.1, 0.15) is 17.7 Å². The molecule has 0 saturated heterocycles. The van der Waals surface area contributed by atoms with Gasteiger partial charge in [-0.15, -0.1) is 0 Å². The predicted octanol–water partition coefficient (Wildman–Crippen LogP) is 1.26. The van der Waals surface area contributed by atoms with Gasteiger partial charge in [0.25, 0.3) is 0 Å². The first-order chi connectivity index (χ1) is 7.29. The minimum atomic E-state index is -0.280. The maximum Gasteiger partial charge on any atom is 0.232 e. The summed E-state index contributed by atoms with van der Waals surface area (Å²) in [7, 11) is 0. The van der Waals surface area contributed by atoms with Crippen LogP contribution in [0.15, 0.2) is 35.6 Å². The Morgan fingerprint density at radius 3 is 2.67 bits per heavy atom. The summed E-state index contributed by atoms with van der Waals surface area (Å²) in [5.41, 5.74) is 0.544. The smallest absolute Gasteiger partial charge is 0.232 e. The summed E-state index contributed by atoms with van der Waals surface area (Å²) in [5.74, 6) is -0.280. The van der Waals surface area contributed by atoms with Crippen molar-refractivity contribution < 1.29 is 4.79 Å². The molecule has 0 saturated carbocycles. The van der Waals surface area contributed by atoms with E-state index in [-0.39, 0.29) is 17.2 Å². The largest absolute Gasteiger partial charge is 0.285 e. The van der Waals surface area contributed by atoms with Crippen LogP contribution in [0.25, 0.3) is 0 Å². The van der Waals surface area contributed by atoms with E-state index in [1.54, 1.807) is 0 Å². The van der Waals surface area contributed by atoms with Gasteiger partial charge < -0.3 is 0 Å².